The second kappa shape index (κ2) is 7.68. The average molecular weight is 426 g/mol. The first-order chi connectivity index (χ1) is 12.9. The van der Waals surface area contributed by atoms with E-state index in [1.54, 1.807) is 18.2 Å². The number of nitriles is 1. The first-order valence-corrected chi connectivity index (χ1v) is 9.04. The van der Waals surface area contributed by atoms with Gasteiger partial charge in [0.1, 0.15) is 18.4 Å². The summed E-state index contributed by atoms with van der Waals surface area (Å²) in [7, 11) is 0. The molecule has 136 valence electrons. The van der Waals surface area contributed by atoms with Crippen molar-refractivity contribution in [3.05, 3.63) is 62.6 Å². The summed E-state index contributed by atoms with van der Waals surface area (Å²) >= 11 is 3.42. The van der Waals surface area contributed by atoms with E-state index >= 15 is 0 Å². The van der Waals surface area contributed by atoms with E-state index in [0.717, 1.165) is 15.6 Å². The molecule has 0 fully saturated rings. The van der Waals surface area contributed by atoms with Crippen LogP contribution in [0.4, 0.5) is 5.82 Å². The number of rotatable bonds is 4. The largest absolute Gasteiger partial charge is 0.309 e. The molecule has 0 saturated heterocycles. The van der Waals surface area contributed by atoms with Gasteiger partial charge in [-0.2, -0.15) is 10.4 Å². The number of benzene rings is 1. The van der Waals surface area contributed by atoms with E-state index in [9.17, 15) is 9.59 Å². The molecule has 8 heteroatoms. The molecule has 0 aliphatic heterocycles. The maximum absolute atomic E-state index is 12.7. The molecule has 1 amide bonds. The fraction of sp³-hybridized carbons (Fsp3) is 0.211. The van der Waals surface area contributed by atoms with Gasteiger partial charge in [0.05, 0.1) is 16.6 Å². The Kier molecular flexibility index (Phi) is 5.33. The van der Waals surface area contributed by atoms with Gasteiger partial charge in [0, 0.05) is 16.1 Å². The second-order valence-electron chi connectivity index (χ2n) is 6.28. The third-order valence-corrected chi connectivity index (χ3v) is 4.44. The highest BCUT2D eigenvalue weighted by molar-refractivity contribution is 9.10. The Hall–Kier alpha value is -3.05. The molecule has 2 aromatic heterocycles. The van der Waals surface area contributed by atoms with Crippen molar-refractivity contribution < 1.29 is 4.79 Å². The summed E-state index contributed by atoms with van der Waals surface area (Å²) < 4.78 is 2.03. The lowest BCUT2D eigenvalue weighted by Crippen LogP contribution is -2.31. The van der Waals surface area contributed by atoms with E-state index < -0.39 is 5.91 Å². The number of carbonyl (C=O) groups is 1. The van der Waals surface area contributed by atoms with Crippen LogP contribution in [-0.2, 0) is 11.3 Å². The minimum absolute atomic E-state index is 0.0805. The lowest BCUT2D eigenvalue weighted by atomic mass is 10.0. The zero-order valence-corrected chi connectivity index (χ0v) is 16.3. The van der Waals surface area contributed by atoms with Crippen LogP contribution >= 0.6 is 15.9 Å². The van der Waals surface area contributed by atoms with Gasteiger partial charge >= 0.3 is 0 Å². The molecule has 0 radical (unpaired) electrons. The molecule has 2 heterocycles. The van der Waals surface area contributed by atoms with Gasteiger partial charge in [-0.05, 0) is 36.2 Å². The molecule has 0 aliphatic rings. The molecular formula is C19H16BrN5O2. The molecule has 1 N–H and O–H groups in total. The second-order valence-corrected chi connectivity index (χ2v) is 7.20. The number of nitrogens with one attached hydrogen (secondary N) is 1. The van der Waals surface area contributed by atoms with Gasteiger partial charge in [-0.1, -0.05) is 29.8 Å². The highest BCUT2D eigenvalue weighted by Gasteiger charge is 2.15. The molecule has 3 rings (SSSR count). The van der Waals surface area contributed by atoms with Crippen LogP contribution < -0.4 is 10.9 Å². The molecule has 0 saturated carbocycles. The first-order valence-electron chi connectivity index (χ1n) is 8.25. The molecule has 0 atom stereocenters. The van der Waals surface area contributed by atoms with Crippen LogP contribution in [0.2, 0.25) is 0 Å². The lowest BCUT2D eigenvalue weighted by Gasteiger charge is -2.13. The highest BCUT2D eigenvalue weighted by Crippen LogP contribution is 2.24. The van der Waals surface area contributed by atoms with E-state index in [1.807, 2.05) is 26.0 Å². The minimum atomic E-state index is -0.423. The zero-order valence-electron chi connectivity index (χ0n) is 14.7. The summed E-state index contributed by atoms with van der Waals surface area (Å²) in [6, 6.07) is 10.4. The van der Waals surface area contributed by atoms with Crippen molar-refractivity contribution in [3.8, 4) is 6.07 Å². The van der Waals surface area contributed by atoms with E-state index in [1.165, 1.54) is 16.9 Å². The minimum Gasteiger partial charge on any atom is -0.309 e. The molecule has 7 nitrogen and oxygen atoms in total. The smallest absolute Gasteiger partial charge is 0.275 e. The highest BCUT2D eigenvalue weighted by atomic mass is 79.9. The normalized spacial score (nSPS) is 10.8. The lowest BCUT2D eigenvalue weighted by molar-refractivity contribution is -0.117. The maximum atomic E-state index is 12.7. The summed E-state index contributed by atoms with van der Waals surface area (Å²) in [6.07, 6.45) is 1.37. The van der Waals surface area contributed by atoms with Gasteiger partial charge in [0.25, 0.3) is 5.56 Å². The third kappa shape index (κ3) is 4.04. The van der Waals surface area contributed by atoms with Gasteiger partial charge in [-0.25, -0.2) is 9.67 Å². The number of amides is 1. The van der Waals surface area contributed by atoms with Gasteiger partial charge in [0.15, 0.2) is 0 Å². The number of pyridine rings is 1. The van der Waals surface area contributed by atoms with Crippen molar-refractivity contribution in [3.63, 3.8) is 0 Å². The van der Waals surface area contributed by atoms with E-state index in [-0.39, 0.29) is 18.0 Å². The Bertz CT molecular complexity index is 1110. The Balaban J connectivity index is 1.93. The van der Waals surface area contributed by atoms with Crippen molar-refractivity contribution in [2.45, 2.75) is 26.3 Å². The van der Waals surface area contributed by atoms with Crippen molar-refractivity contribution in [2.24, 2.45) is 0 Å². The summed E-state index contributed by atoms with van der Waals surface area (Å²) in [6.45, 7) is 3.74. The number of hydrogen-bond acceptors (Lipinski definition) is 5. The Morgan fingerprint density at radius 1 is 1.30 bits per heavy atom. The standard InChI is InChI=1S/C19H16BrN5O2/c1-11(2)18-15-7-13(20)4-5-14(15)19(27)25(24-18)10-17(26)23-16-6-3-12(8-21)9-22-16/h3-7,9,11H,10H2,1-2H3,(H,22,23,26). The van der Waals surface area contributed by atoms with Crippen LogP contribution in [0.3, 0.4) is 0 Å². The van der Waals surface area contributed by atoms with Gasteiger partial charge < -0.3 is 5.32 Å². The molecule has 0 spiro atoms. The van der Waals surface area contributed by atoms with Crippen LogP contribution in [-0.4, -0.2) is 20.7 Å². The van der Waals surface area contributed by atoms with Gasteiger partial charge in [-0.3, -0.25) is 9.59 Å². The van der Waals surface area contributed by atoms with Crippen molar-refractivity contribution in [1.82, 2.24) is 14.8 Å². The summed E-state index contributed by atoms with van der Waals surface area (Å²) in [4.78, 5) is 29.1. The van der Waals surface area contributed by atoms with Crippen LogP contribution in [0.25, 0.3) is 10.8 Å². The predicted octanol–water partition coefficient (Wildman–Crippen LogP) is 3.19. The number of fused-ring (bicyclic) bond motifs is 1. The van der Waals surface area contributed by atoms with E-state index in [4.69, 9.17) is 5.26 Å². The fourth-order valence-corrected chi connectivity index (χ4v) is 3.03. The topological polar surface area (TPSA) is 101 Å². The Morgan fingerprint density at radius 3 is 2.70 bits per heavy atom. The number of nitrogens with zero attached hydrogens (tertiary/aromatic N) is 4. The van der Waals surface area contributed by atoms with Gasteiger partial charge in [-0.15, -0.1) is 0 Å². The monoisotopic (exact) mass is 425 g/mol. The summed E-state index contributed by atoms with van der Waals surface area (Å²) in [5.74, 6) is -0.0364. The molecule has 0 unspecified atom stereocenters. The fourth-order valence-electron chi connectivity index (χ4n) is 2.67. The Morgan fingerprint density at radius 2 is 2.07 bits per heavy atom. The summed E-state index contributed by atoms with van der Waals surface area (Å²) in [5.41, 5.74) is 0.813. The SMILES string of the molecule is CC(C)c1nn(CC(=O)Nc2ccc(C#N)cn2)c(=O)c2ccc(Br)cc12. The molecule has 0 aliphatic carbocycles. The third-order valence-electron chi connectivity index (χ3n) is 3.95. The van der Waals surface area contributed by atoms with Crippen molar-refractivity contribution in [1.29, 1.82) is 5.26 Å². The Labute approximate surface area is 163 Å². The number of hydrogen-bond donors (Lipinski definition) is 1. The van der Waals surface area contributed by atoms with Crippen LogP contribution in [0, 0.1) is 11.3 Å². The number of halogens is 1. The number of aromatic nitrogens is 3. The zero-order chi connectivity index (χ0) is 19.6. The molecule has 0 bridgehead atoms. The van der Waals surface area contributed by atoms with E-state index in [2.05, 4.69) is 31.3 Å². The van der Waals surface area contributed by atoms with Crippen molar-refractivity contribution in [2.75, 3.05) is 5.32 Å². The molecule has 27 heavy (non-hydrogen) atoms. The predicted molar refractivity (Wildman–Crippen MR) is 105 cm³/mol. The average Bonchev–Trinajstić information content (AvgIpc) is 2.64. The number of carbonyl (C=O) groups excluding carboxylic acids is 1. The molecule has 3 aromatic rings. The van der Waals surface area contributed by atoms with Crippen LogP contribution in [0.1, 0.15) is 31.0 Å². The first kappa shape index (κ1) is 18.7. The quantitative estimate of drug-likeness (QED) is 0.691. The van der Waals surface area contributed by atoms with Crippen LogP contribution in [0.15, 0.2) is 45.8 Å². The molecule has 1 aromatic carbocycles. The number of anilines is 1. The molecular weight excluding hydrogens is 410 g/mol. The van der Waals surface area contributed by atoms with Crippen LogP contribution in [0.5, 0.6) is 0 Å². The van der Waals surface area contributed by atoms with Gasteiger partial charge in [0.2, 0.25) is 5.91 Å². The van der Waals surface area contributed by atoms with Crippen molar-refractivity contribution >= 4 is 38.4 Å². The summed E-state index contributed by atoms with van der Waals surface area (Å²) in [5, 5.41) is 17.1. The van der Waals surface area contributed by atoms with E-state index in [0.29, 0.717) is 16.8 Å². The maximum Gasteiger partial charge on any atom is 0.275 e.